The SMILES string of the molecule is O=C(C=Cc1nc2ccccc2o1)N1CCCC2CCCCC21. The van der Waals surface area contributed by atoms with Crippen molar-refractivity contribution in [3.05, 3.63) is 36.2 Å². The first kappa shape index (κ1) is 14.5. The van der Waals surface area contributed by atoms with Gasteiger partial charge in [-0.3, -0.25) is 4.79 Å². The number of rotatable bonds is 2. The van der Waals surface area contributed by atoms with Crippen LogP contribution in [0.5, 0.6) is 0 Å². The average Bonchev–Trinajstić information content (AvgIpc) is 3.02. The number of piperidine rings is 1. The van der Waals surface area contributed by atoms with Crippen molar-refractivity contribution in [1.29, 1.82) is 0 Å². The van der Waals surface area contributed by atoms with Crippen molar-refractivity contribution in [3.8, 4) is 0 Å². The lowest BCUT2D eigenvalue weighted by atomic mass is 9.78. The first-order valence-electron chi connectivity index (χ1n) is 8.65. The van der Waals surface area contributed by atoms with Gasteiger partial charge in [-0.05, 0) is 43.7 Å². The quantitative estimate of drug-likeness (QED) is 0.787. The summed E-state index contributed by atoms with van der Waals surface area (Å²) in [6, 6.07) is 8.09. The molecule has 4 nitrogen and oxygen atoms in total. The molecule has 1 aromatic carbocycles. The van der Waals surface area contributed by atoms with E-state index in [4.69, 9.17) is 4.42 Å². The number of amides is 1. The molecule has 0 radical (unpaired) electrons. The number of likely N-dealkylation sites (tertiary alicyclic amines) is 1. The van der Waals surface area contributed by atoms with Crippen LogP contribution >= 0.6 is 0 Å². The Hall–Kier alpha value is -2.10. The second-order valence-electron chi connectivity index (χ2n) is 6.64. The molecule has 4 rings (SSSR count). The Labute approximate surface area is 136 Å². The van der Waals surface area contributed by atoms with Crippen LogP contribution in [-0.2, 0) is 4.79 Å². The second kappa shape index (κ2) is 6.19. The summed E-state index contributed by atoms with van der Waals surface area (Å²) in [6.45, 7) is 0.887. The van der Waals surface area contributed by atoms with E-state index < -0.39 is 0 Å². The number of hydrogen-bond acceptors (Lipinski definition) is 3. The van der Waals surface area contributed by atoms with Gasteiger partial charge in [0.2, 0.25) is 11.8 Å². The van der Waals surface area contributed by atoms with E-state index in [1.54, 1.807) is 12.2 Å². The van der Waals surface area contributed by atoms with Gasteiger partial charge in [0.25, 0.3) is 0 Å². The number of aromatic nitrogens is 1. The monoisotopic (exact) mass is 310 g/mol. The molecule has 1 saturated heterocycles. The van der Waals surface area contributed by atoms with Crippen LogP contribution in [0.4, 0.5) is 0 Å². The van der Waals surface area contributed by atoms with Crippen LogP contribution in [0.2, 0.25) is 0 Å². The summed E-state index contributed by atoms with van der Waals surface area (Å²) < 4.78 is 5.64. The van der Waals surface area contributed by atoms with Crippen LogP contribution in [0.3, 0.4) is 0 Å². The summed E-state index contributed by atoms with van der Waals surface area (Å²) in [5.74, 6) is 1.31. The number of hydrogen-bond donors (Lipinski definition) is 0. The van der Waals surface area contributed by atoms with Crippen LogP contribution in [0.1, 0.15) is 44.4 Å². The van der Waals surface area contributed by atoms with Gasteiger partial charge in [-0.25, -0.2) is 4.98 Å². The maximum Gasteiger partial charge on any atom is 0.247 e. The molecule has 1 saturated carbocycles. The number of carbonyl (C=O) groups is 1. The molecular formula is C19H22N2O2. The smallest absolute Gasteiger partial charge is 0.247 e. The lowest BCUT2D eigenvalue weighted by molar-refractivity contribution is -0.132. The Bertz CT molecular complexity index is 699. The van der Waals surface area contributed by atoms with Gasteiger partial charge in [0, 0.05) is 24.7 Å². The van der Waals surface area contributed by atoms with Gasteiger partial charge < -0.3 is 9.32 Å². The molecule has 23 heavy (non-hydrogen) atoms. The zero-order chi connectivity index (χ0) is 15.6. The summed E-state index contributed by atoms with van der Waals surface area (Å²) in [4.78, 5) is 19.1. The highest BCUT2D eigenvalue weighted by Crippen LogP contribution is 2.35. The van der Waals surface area contributed by atoms with Gasteiger partial charge in [0.05, 0.1) is 0 Å². The molecule has 2 aromatic rings. The zero-order valence-corrected chi connectivity index (χ0v) is 13.3. The lowest BCUT2D eigenvalue weighted by Gasteiger charge is -2.43. The summed E-state index contributed by atoms with van der Waals surface area (Å²) in [5, 5.41) is 0. The van der Waals surface area contributed by atoms with E-state index in [1.807, 2.05) is 24.3 Å². The highest BCUT2D eigenvalue weighted by molar-refractivity contribution is 5.92. The van der Waals surface area contributed by atoms with Crippen molar-refractivity contribution in [1.82, 2.24) is 9.88 Å². The van der Waals surface area contributed by atoms with Gasteiger partial charge in [-0.2, -0.15) is 0 Å². The highest BCUT2D eigenvalue weighted by atomic mass is 16.3. The van der Waals surface area contributed by atoms with Crippen molar-refractivity contribution < 1.29 is 9.21 Å². The molecule has 0 bridgehead atoms. The Morgan fingerprint density at radius 1 is 1.17 bits per heavy atom. The molecule has 2 aliphatic rings. The highest BCUT2D eigenvalue weighted by Gasteiger charge is 2.34. The molecule has 1 aliphatic carbocycles. The summed E-state index contributed by atoms with van der Waals surface area (Å²) in [6.07, 6.45) is 10.8. The zero-order valence-electron chi connectivity index (χ0n) is 13.3. The Kier molecular flexibility index (Phi) is 3.90. The molecule has 2 atom stereocenters. The first-order valence-corrected chi connectivity index (χ1v) is 8.65. The topological polar surface area (TPSA) is 46.3 Å². The van der Waals surface area contributed by atoms with Crippen molar-refractivity contribution in [2.24, 2.45) is 5.92 Å². The van der Waals surface area contributed by atoms with Crippen LogP contribution < -0.4 is 0 Å². The minimum Gasteiger partial charge on any atom is -0.437 e. The minimum absolute atomic E-state index is 0.101. The van der Waals surface area contributed by atoms with Gasteiger partial charge in [0.1, 0.15) is 5.52 Å². The van der Waals surface area contributed by atoms with Crippen molar-refractivity contribution in [2.75, 3.05) is 6.54 Å². The van der Waals surface area contributed by atoms with E-state index in [9.17, 15) is 4.79 Å². The average molecular weight is 310 g/mol. The van der Waals surface area contributed by atoms with Crippen LogP contribution in [0.15, 0.2) is 34.8 Å². The number of benzene rings is 1. The van der Waals surface area contributed by atoms with Crippen LogP contribution in [-0.4, -0.2) is 28.4 Å². The van der Waals surface area contributed by atoms with Crippen molar-refractivity contribution in [2.45, 2.75) is 44.6 Å². The second-order valence-corrected chi connectivity index (χ2v) is 6.64. The molecule has 1 aromatic heterocycles. The summed E-state index contributed by atoms with van der Waals surface area (Å²) >= 11 is 0. The third kappa shape index (κ3) is 2.90. The van der Waals surface area contributed by atoms with Gasteiger partial charge >= 0.3 is 0 Å². The number of fused-ring (bicyclic) bond motifs is 2. The molecule has 120 valence electrons. The maximum atomic E-state index is 12.6. The van der Waals surface area contributed by atoms with Crippen molar-refractivity contribution in [3.63, 3.8) is 0 Å². The van der Waals surface area contributed by atoms with E-state index in [0.717, 1.165) is 30.5 Å². The molecule has 0 spiro atoms. The van der Waals surface area contributed by atoms with E-state index >= 15 is 0 Å². The molecule has 2 heterocycles. The molecule has 2 fully saturated rings. The summed E-state index contributed by atoms with van der Waals surface area (Å²) in [7, 11) is 0. The number of nitrogens with zero attached hydrogens (tertiary/aromatic N) is 2. The Morgan fingerprint density at radius 2 is 2.00 bits per heavy atom. The van der Waals surface area contributed by atoms with E-state index in [0.29, 0.717) is 17.9 Å². The molecule has 0 N–H and O–H groups in total. The fourth-order valence-electron chi connectivity index (χ4n) is 4.10. The fraction of sp³-hybridized carbons (Fsp3) is 0.474. The molecular weight excluding hydrogens is 288 g/mol. The maximum absolute atomic E-state index is 12.6. The normalized spacial score (nSPS) is 25.0. The first-order chi connectivity index (χ1) is 11.3. The molecule has 1 aliphatic heterocycles. The van der Waals surface area contributed by atoms with Crippen molar-refractivity contribution >= 4 is 23.1 Å². The van der Waals surface area contributed by atoms with Crippen LogP contribution in [0.25, 0.3) is 17.2 Å². The Morgan fingerprint density at radius 3 is 2.91 bits per heavy atom. The minimum atomic E-state index is 0.101. The standard InChI is InChI=1S/C19H22N2O2/c22-19(21-13-5-7-14-6-1-3-9-16(14)21)12-11-18-20-15-8-2-4-10-17(15)23-18/h2,4,8,10-12,14,16H,1,3,5-7,9,13H2. The van der Waals surface area contributed by atoms with Crippen LogP contribution in [0, 0.1) is 5.92 Å². The van der Waals surface area contributed by atoms with E-state index in [-0.39, 0.29) is 5.91 Å². The van der Waals surface area contributed by atoms with Gasteiger partial charge in [-0.1, -0.05) is 25.0 Å². The number of carbonyl (C=O) groups excluding carboxylic acids is 1. The third-order valence-corrected chi connectivity index (χ3v) is 5.21. The molecule has 1 amide bonds. The lowest BCUT2D eigenvalue weighted by Crippen LogP contribution is -2.49. The van der Waals surface area contributed by atoms with E-state index in [2.05, 4.69) is 9.88 Å². The predicted octanol–water partition coefficient (Wildman–Crippen LogP) is 4.02. The third-order valence-electron chi connectivity index (χ3n) is 5.21. The van der Waals surface area contributed by atoms with Gasteiger partial charge in [-0.15, -0.1) is 0 Å². The Balaban J connectivity index is 1.49. The largest absolute Gasteiger partial charge is 0.437 e. The molecule has 2 unspecified atom stereocenters. The molecule has 4 heteroatoms. The number of para-hydroxylation sites is 2. The van der Waals surface area contributed by atoms with Gasteiger partial charge in [0.15, 0.2) is 5.58 Å². The van der Waals surface area contributed by atoms with E-state index in [1.165, 1.54) is 25.7 Å². The summed E-state index contributed by atoms with van der Waals surface area (Å²) in [5.41, 5.74) is 1.58. The number of oxazole rings is 1. The fourth-order valence-corrected chi connectivity index (χ4v) is 4.10. The predicted molar refractivity (Wildman–Crippen MR) is 89.7 cm³/mol.